The minimum absolute atomic E-state index is 0.0587. The summed E-state index contributed by atoms with van der Waals surface area (Å²) in [5.41, 5.74) is 2.07. The Morgan fingerprint density at radius 3 is 2.56 bits per heavy atom. The maximum atomic E-state index is 13.6. The van der Waals surface area contributed by atoms with Gasteiger partial charge in [0.25, 0.3) is 5.56 Å². The van der Waals surface area contributed by atoms with E-state index < -0.39 is 12.0 Å². The number of esters is 1. The lowest BCUT2D eigenvalue weighted by molar-refractivity contribution is -0.138. The largest absolute Gasteiger partial charge is 0.497 e. The third kappa shape index (κ3) is 4.32. The number of thiazole rings is 1. The molecule has 1 atom stereocenters. The fourth-order valence-electron chi connectivity index (χ4n) is 3.82. The Balaban J connectivity index is 1.93. The standard InChI is InChI=1S/C26H24N2O5S/c1-5-14-33-25(30)22-16(2)27-26-28(23(22)17-10-12-19(31-3)13-11-17)24(29)21(34-26)15-18-8-6-7-9-20(18)32-4/h5-13,15,23H,1,14H2,2-4H3/b21-15+/t23-/m1/s1. The first kappa shape index (κ1) is 23.3. The van der Waals surface area contributed by atoms with Gasteiger partial charge in [0, 0.05) is 5.56 Å². The molecule has 0 spiro atoms. The fourth-order valence-corrected chi connectivity index (χ4v) is 4.86. The van der Waals surface area contributed by atoms with Crippen LogP contribution in [-0.2, 0) is 9.53 Å². The number of methoxy groups -OCH3 is 2. The van der Waals surface area contributed by atoms with Crippen molar-refractivity contribution in [3.63, 3.8) is 0 Å². The molecule has 0 unspecified atom stereocenters. The van der Waals surface area contributed by atoms with Crippen LogP contribution in [0.4, 0.5) is 0 Å². The summed E-state index contributed by atoms with van der Waals surface area (Å²) in [6, 6.07) is 14.0. The number of allylic oxidation sites excluding steroid dienone is 1. The zero-order chi connectivity index (χ0) is 24.2. The van der Waals surface area contributed by atoms with Crippen molar-refractivity contribution in [2.45, 2.75) is 13.0 Å². The number of ether oxygens (including phenoxy) is 3. The molecule has 1 aliphatic rings. The minimum atomic E-state index is -0.695. The highest BCUT2D eigenvalue weighted by Gasteiger charge is 2.33. The van der Waals surface area contributed by atoms with E-state index in [1.165, 1.54) is 17.4 Å². The topological polar surface area (TPSA) is 79.1 Å². The number of hydrogen-bond donors (Lipinski definition) is 0. The summed E-state index contributed by atoms with van der Waals surface area (Å²) in [4.78, 5) is 31.8. The Labute approximate surface area is 200 Å². The average molecular weight is 477 g/mol. The summed E-state index contributed by atoms with van der Waals surface area (Å²) < 4.78 is 18.1. The zero-order valence-electron chi connectivity index (χ0n) is 19.1. The molecule has 0 aliphatic carbocycles. The molecule has 7 nitrogen and oxygen atoms in total. The van der Waals surface area contributed by atoms with Crippen molar-refractivity contribution < 1.29 is 19.0 Å². The summed E-state index contributed by atoms with van der Waals surface area (Å²) in [6.45, 7) is 5.41. The van der Waals surface area contributed by atoms with Crippen LogP contribution in [0.2, 0.25) is 0 Å². The molecule has 1 aromatic heterocycles. The quantitative estimate of drug-likeness (QED) is 0.387. The molecular formula is C26H24N2O5S. The first-order valence-corrected chi connectivity index (χ1v) is 11.4. The fraction of sp³-hybridized carbons (Fsp3) is 0.192. The van der Waals surface area contributed by atoms with Gasteiger partial charge in [-0.3, -0.25) is 9.36 Å². The van der Waals surface area contributed by atoms with Crippen LogP contribution in [0.25, 0.3) is 6.08 Å². The maximum Gasteiger partial charge on any atom is 0.338 e. The van der Waals surface area contributed by atoms with Gasteiger partial charge in [-0.1, -0.05) is 54.3 Å². The Hall–Kier alpha value is -3.91. The number of benzene rings is 2. The van der Waals surface area contributed by atoms with E-state index in [1.807, 2.05) is 36.4 Å². The summed E-state index contributed by atoms with van der Waals surface area (Å²) in [5.74, 6) is 0.787. The van der Waals surface area contributed by atoms with E-state index in [4.69, 9.17) is 14.2 Å². The highest BCUT2D eigenvalue weighted by atomic mass is 32.1. The lowest BCUT2D eigenvalue weighted by Gasteiger charge is -2.24. The van der Waals surface area contributed by atoms with E-state index >= 15 is 0 Å². The lowest BCUT2D eigenvalue weighted by Crippen LogP contribution is -2.39. The number of aromatic nitrogens is 1. The Bertz CT molecular complexity index is 1450. The van der Waals surface area contributed by atoms with Gasteiger partial charge in [-0.2, -0.15) is 0 Å². The third-order valence-corrected chi connectivity index (χ3v) is 6.41. The SMILES string of the molecule is C=CCOC(=O)C1=C(C)N=c2s/c(=C/c3ccccc3OC)c(=O)n2[C@@H]1c1ccc(OC)cc1. The first-order chi connectivity index (χ1) is 16.5. The van der Waals surface area contributed by atoms with Crippen molar-refractivity contribution in [1.82, 2.24) is 4.57 Å². The average Bonchev–Trinajstić information content (AvgIpc) is 3.16. The second kappa shape index (κ2) is 9.93. The van der Waals surface area contributed by atoms with Crippen molar-refractivity contribution >= 4 is 23.4 Å². The molecule has 3 aromatic rings. The minimum Gasteiger partial charge on any atom is -0.497 e. The molecule has 0 N–H and O–H groups in total. The van der Waals surface area contributed by atoms with Gasteiger partial charge >= 0.3 is 5.97 Å². The number of carbonyl (C=O) groups excluding carboxylic acids is 1. The lowest BCUT2D eigenvalue weighted by atomic mass is 9.96. The van der Waals surface area contributed by atoms with E-state index in [-0.39, 0.29) is 12.2 Å². The van der Waals surface area contributed by atoms with E-state index in [1.54, 1.807) is 43.9 Å². The predicted molar refractivity (Wildman–Crippen MR) is 131 cm³/mol. The summed E-state index contributed by atoms with van der Waals surface area (Å²) in [6.07, 6.45) is 3.28. The van der Waals surface area contributed by atoms with E-state index in [2.05, 4.69) is 11.6 Å². The number of carbonyl (C=O) groups is 1. The number of nitrogens with zero attached hydrogens (tertiary/aromatic N) is 2. The number of fused-ring (bicyclic) bond motifs is 1. The molecule has 8 heteroatoms. The van der Waals surface area contributed by atoms with E-state index in [9.17, 15) is 9.59 Å². The van der Waals surface area contributed by atoms with Gasteiger partial charge in [-0.05, 0) is 36.8 Å². The molecular weight excluding hydrogens is 452 g/mol. The Kier molecular flexibility index (Phi) is 6.79. The molecule has 0 amide bonds. The predicted octanol–water partition coefficient (Wildman–Crippen LogP) is 2.98. The molecule has 34 heavy (non-hydrogen) atoms. The van der Waals surface area contributed by atoms with Gasteiger partial charge in [0.15, 0.2) is 4.80 Å². The van der Waals surface area contributed by atoms with Crippen LogP contribution in [0.15, 0.2) is 82.2 Å². The summed E-state index contributed by atoms with van der Waals surface area (Å²) in [7, 11) is 3.17. The Morgan fingerprint density at radius 2 is 1.88 bits per heavy atom. The molecule has 0 radical (unpaired) electrons. The molecule has 0 fully saturated rings. The highest BCUT2D eigenvalue weighted by Crippen LogP contribution is 2.31. The van der Waals surface area contributed by atoms with Crippen LogP contribution < -0.4 is 24.4 Å². The molecule has 174 valence electrons. The van der Waals surface area contributed by atoms with Crippen LogP contribution in [0, 0.1) is 0 Å². The van der Waals surface area contributed by atoms with Crippen molar-refractivity contribution in [3.8, 4) is 11.5 Å². The molecule has 4 rings (SSSR count). The molecule has 0 bridgehead atoms. The highest BCUT2D eigenvalue weighted by molar-refractivity contribution is 7.07. The third-order valence-electron chi connectivity index (χ3n) is 5.43. The van der Waals surface area contributed by atoms with Crippen LogP contribution in [0.5, 0.6) is 11.5 Å². The van der Waals surface area contributed by atoms with Crippen LogP contribution in [-0.4, -0.2) is 31.4 Å². The molecule has 2 aromatic carbocycles. The van der Waals surface area contributed by atoms with Crippen molar-refractivity contribution in [2.24, 2.45) is 4.99 Å². The number of rotatable bonds is 7. The van der Waals surface area contributed by atoms with Gasteiger partial charge in [-0.15, -0.1) is 0 Å². The normalized spacial score (nSPS) is 15.4. The zero-order valence-corrected chi connectivity index (χ0v) is 19.9. The van der Waals surface area contributed by atoms with Crippen molar-refractivity contribution in [1.29, 1.82) is 0 Å². The van der Waals surface area contributed by atoms with E-state index in [0.29, 0.717) is 32.1 Å². The number of hydrogen-bond acceptors (Lipinski definition) is 7. The first-order valence-electron chi connectivity index (χ1n) is 10.6. The smallest absolute Gasteiger partial charge is 0.338 e. The van der Waals surface area contributed by atoms with Gasteiger partial charge in [0.1, 0.15) is 18.1 Å². The van der Waals surface area contributed by atoms with Gasteiger partial charge in [0.2, 0.25) is 0 Å². The molecule has 0 saturated carbocycles. The van der Waals surface area contributed by atoms with Gasteiger partial charge in [-0.25, -0.2) is 9.79 Å². The second-order valence-electron chi connectivity index (χ2n) is 7.48. The van der Waals surface area contributed by atoms with Gasteiger partial charge < -0.3 is 14.2 Å². The second-order valence-corrected chi connectivity index (χ2v) is 8.49. The van der Waals surface area contributed by atoms with Gasteiger partial charge in [0.05, 0.1) is 36.1 Å². The summed E-state index contributed by atoms with van der Waals surface area (Å²) >= 11 is 1.26. The number of para-hydroxylation sites is 1. The van der Waals surface area contributed by atoms with Crippen LogP contribution >= 0.6 is 11.3 Å². The van der Waals surface area contributed by atoms with Crippen molar-refractivity contribution in [2.75, 3.05) is 20.8 Å². The van der Waals surface area contributed by atoms with E-state index in [0.717, 1.165) is 11.1 Å². The molecule has 0 saturated heterocycles. The van der Waals surface area contributed by atoms with Crippen LogP contribution in [0.1, 0.15) is 24.1 Å². The monoisotopic (exact) mass is 476 g/mol. The summed E-state index contributed by atoms with van der Waals surface area (Å²) in [5, 5.41) is 0. The Morgan fingerprint density at radius 1 is 1.15 bits per heavy atom. The molecule has 2 heterocycles. The van der Waals surface area contributed by atoms with Crippen molar-refractivity contribution in [3.05, 3.63) is 103 Å². The maximum absolute atomic E-state index is 13.6. The molecule has 1 aliphatic heterocycles. The van der Waals surface area contributed by atoms with Crippen LogP contribution in [0.3, 0.4) is 0 Å².